The number of benzene rings is 1. The monoisotopic (exact) mass is 411 g/mol. The zero-order valence-corrected chi connectivity index (χ0v) is 16.8. The summed E-state index contributed by atoms with van der Waals surface area (Å²) >= 11 is 1.38. The number of hydrogen-bond donors (Lipinski definition) is 1. The molecule has 1 aromatic carbocycles. The van der Waals surface area contributed by atoms with E-state index in [9.17, 15) is 9.59 Å². The van der Waals surface area contributed by atoms with Crippen molar-refractivity contribution in [2.45, 2.75) is 32.2 Å². The van der Waals surface area contributed by atoms with Gasteiger partial charge in [-0.15, -0.1) is 11.3 Å². The molecule has 0 fully saturated rings. The molecule has 1 unspecified atom stereocenters. The molecule has 0 saturated carbocycles. The zero-order chi connectivity index (χ0) is 20.8. The number of carbonyl (C=O) groups is 2. The van der Waals surface area contributed by atoms with Crippen LogP contribution in [-0.4, -0.2) is 40.0 Å². The summed E-state index contributed by atoms with van der Waals surface area (Å²) in [6, 6.07) is 5.35. The molecule has 8 heteroatoms. The summed E-state index contributed by atoms with van der Waals surface area (Å²) in [6.07, 6.45) is 5.46. The van der Waals surface area contributed by atoms with Gasteiger partial charge in [-0.25, -0.2) is 14.6 Å². The van der Waals surface area contributed by atoms with Gasteiger partial charge in [0.2, 0.25) is 0 Å². The first-order chi connectivity index (χ1) is 14.0. The third-order valence-corrected chi connectivity index (χ3v) is 5.43. The van der Waals surface area contributed by atoms with Gasteiger partial charge in [0.15, 0.2) is 6.61 Å². The maximum absolute atomic E-state index is 13.1. The molecule has 29 heavy (non-hydrogen) atoms. The Kier molecular flexibility index (Phi) is 6.62. The van der Waals surface area contributed by atoms with Crippen molar-refractivity contribution in [3.05, 3.63) is 63.0 Å². The van der Waals surface area contributed by atoms with Gasteiger partial charge in [-0.1, -0.05) is 19.4 Å². The summed E-state index contributed by atoms with van der Waals surface area (Å²) in [5.74, 6) is -0.806. The highest BCUT2D eigenvalue weighted by Gasteiger charge is 2.32. The molecule has 150 valence electrons. The molecular weight excluding hydrogens is 390 g/mol. The topological polar surface area (TPSA) is 84.1 Å². The van der Waals surface area contributed by atoms with Crippen molar-refractivity contribution in [2.24, 2.45) is 0 Å². The third kappa shape index (κ3) is 4.81. The molecule has 0 aliphatic carbocycles. The van der Waals surface area contributed by atoms with E-state index in [1.54, 1.807) is 28.6 Å². The van der Waals surface area contributed by atoms with Crippen LogP contribution in [0.3, 0.4) is 0 Å². The number of carbonyl (C=O) groups excluding carboxylic acids is 1. The van der Waals surface area contributed by atoms with Gasteiger partial charge in [0.1, 0.15) is 10.8 Å². The second kappa shape index (κ2) is 9.34. The number of aromatic nitrogens is 1. The Morgan fingerprint density at radius 1 is 1.48 bits per heavy atom. The number of thiazole rings is 1. The maximum atomic E-state index is 13.1. The molecule has 1 atom stereocenters. The van der Waals surface area contributed by atoms with Crippen molar-refractivity contribution in [1.82, 2.24) is 9.88 Å². The minimum Gasteiger partial charge on any atom is -0.482 e. The maximum Gasteiger partial charge on any atom is 0.341 e. The van der Waals surface area contributed by atoms with E-state index < -0.39 is 12.6 Å². The van der Waals surface area contributed by atoms with Gasteiger partial charge < -0.3 is 14.7 Å². The minimum absolute atomic E-state index is 0.0610. The number of carboxylic acid groups (broad SMARTS) is 1. The highest BCUT2D eigenvalue weighted by molar-refractivity contribution is 7.10. The summed E-state index contributed by atoms with van der Waals surface area (Å²) in [4.78, 5) is 33.2. The number of hydrogen-bond acceptors (Lipinski definition) is 5. The van der Waals surface area contributed by atoms with Crippen molar-refractivity contribution >= 4 is 29.3 Å². The predicted octanol–water partition coefficient (Wildman–Crippen LogP) is 3.79. The normalized spacial score (nSPS) is 16.1. The van der Waals surface area contributed by atoms with Gasteiger partial charge in [-0.2, -0.15) is 0 Å². The molecular formula is C21H21N3O4S. The van der Waals surface area contributed by atoms with Crippen molar-refractivity contribution in [2.75, 3.05) is 13.2 Å². The molecule has 1 N–H and O–H groups in total. The van der Waals surface area contributed by atoms with Gasteiger partial charge in [-0.3, -0.25) is 4.79 Å². The van der Waals surface area contributed by atoms with E-state index in [4.69, 9.17) is 16.4 Å². The van der Waals surface area contributed by atoms with E-state index >= 15 is 0 Å². The van der Waals surface area contributed by atoms with Crippen molar-refractivity contribution in [3.63, 3.8) is 0 Å². The number of carboxylic acids is 1. The highest BCUT2D eigenvalue weighted by atomic mass is 32.1. The van der Waals surface area contributed by atoms with E-state index in [1.807, 2.05) is 12.1 Å². The third-order valence-electron chi connectivity index (χ3n) is 4.71. The van der Waals surface area contributed by atoms with Crippen molar-refractivity contribution < 1.29 is 19.4 Å². The quantitative estimate of drug-likeness (QED) is 0.554. The number of ether oxygens (including phenoxy) is 1. The number of amides is 1. The lowest BCUT2D eigenvalue weighted by molar-refractivity contribution is -0.139. The second-order valence-electron chi connectivity index (χ2n) is 6.61. The van der Waals surface area contributed by atoms with Crippen LogP contribution in [0.2, 0.25) is 0 Å². The molecule has 0 bridgehead atoms. The minimum atomic E-state index is -1.03. The van der Waals surface area contributed by atoms with E-state index in [0.29, 0.717) is 23.7 Å². The number of rotatable bonds is 7. The first kappa shape index (κ1) is 20.6. The average molecular weight is 411 g/mol. The first-order valence-corrected chi connectivity index (χ1v) is 10.2. The number of aliphatic carboxylic acids is 1. The van der Waals surface area contributed by atoms with E-state index in [2.05, 4.69) is 16.8 Å². The Bertz CT molecular complexity index is 963. The Labute approximate surface area is 173 Å². The Balaban J connectivity index is 1.87. The van der Waals surface area contributed by atoms with E-state index in [0.717, 1.165) is 24.0 Å². The molecule has 1 aliphatic heterocycles. The van der Waals surface area contributed by atoms with Gasteiger partial charge in [0.05, 0.1) is 12.6 Å². The summed E-state index contributed by atoms with van der Waals surface area (Å²) in [6.45, 7) is 9.61. The molecule has 7 nitrogen and oxygen atoms in total. The fourth-order valence-corrected chi connectivity index (χ4v) is 4.03. The van der Waals surface area contributed by atoms with Crippen LogP contribution in [-0.2, 0) is 16.0 Å². The molecule has 0 spiro atoms. The van der Waals surface area contributed by atoms with Crippen LogP contribution < -0.4 is 4.74 Å². The van der Waals surface area contributed by atoms with Crippen LogP contribution in [0.4, 0.5) is 0 Å². The molecule has 0 radical (unpaired) electrons. The summed E-state index contributed by atoms with van der Waals surface area (Å²) in [5.41, 5.74) is 2.13. The van der Waals surface area contributed by atoms with Gasteiger partial charge in [0.25, 0.3) is 11.6 Å². The number of fused-ring (bicyclic) bond motifs is 1. The van der Waals surface area contributed by atoms with Crippen LogP contribution in [0, 0.1) is 6.57 Å². The number of nitrogens with zero attached hydrogens (tertiary/aromatic N) is 3. The van der Waals surface area contributed by atoms with Crippen molar-refractivity contribution in [3.8, 4) is 5.75 Å². The Morgan fingerprint density at radius 2 is 2.31 bits per heavy atom. The molecule has 1 aromatic heterocycles. The summed E-state index contributed by atoms with van der Waals surface area (Å²) in [7, 11) is 0. The van der Waals surface area contributed by atoms with Crippen LogP contribution in [0.25, 0.3) is 10.9 Å². The van der Waals surface area contributed by atoms with Gasteiger partial charge >= 0.3 is 5.97 Å². The smallest absolute Gasteiger partial charge is 0.341 e. The lowest BCUT2D eigenvalue weighted by atomic mass is 9.89. The lowest BCUT2D eigenvalue weighted by Gasteiger charge is -2.37. The molecule has 0 saturated heterocycles. The largest absolute Gasteiger partial charge is 0.482 e. The first-order valence-electron chi connectivity index (χ1n) is 9.30. The van der Waals surface area contributed by atoms with Crippen LogP contribution in [0.5, 0.6) is 5.75 Å². The summed E-state index contributed by atoms with van der Waals surface area (Å²) < 4.78 is 5.28. The standard InChI is InChI=1S/C21H21N3O4S/c1-3-4-18-16-6-5-15(28-13-20(25)26)11-14(16)7-9-24(18)21(27)17(22-2)12-19-23-8-10-29-19/h5-6,8,10-12,18H,3-4,7,9,13H2,1H3,(H,25,26)/b17-12-. The molecule has 3 rings (SSSR count). The fraction of sp³-hybridized carbons (Fsp3) is 0.333. The predicted molar refractivity (Wildman–Crippen MR) is 109 cm³/mol. The van der Waals surface area contributed by atoms with Crippen molar-refractivity contribution in [1.29, 1.82) is 0 Å². The summed E-state index contributed by atoms with van der Waals surface area (Å²) in [5, 5.41) is 11.2. The van der Waals surface area contributed by atoms with Crippen LogP contribution in [0.15, 0.2) is 35.5 Å². The molecule has 2 heterocycles. The van der Waals surface area contributed by atoms with Crippen LogP contribution in [0.1, 0.15) is 41.9 Å². The van der Waals surface area contributed by atoms with Gasteiger partial charge in [0, 0.05) is 18.1 Å². The molecule has 1 aliphatic rings. The lowest BCUT2D eigenvalue weighted by Crippen LogP contribution is -2.40. The average Bonchev–Trinajstić information content (AvgIpc) is 3.23. The fourth-order valence-electron chi connectivity index (χ4n) is 3.46. The van der Waals surface area contributed by atoms with Gasteiger partial charge in [-0.05, 0) is 42.2 Å². The zero-order valence-electron chi connectivity index (χ0n) is 16.0. The SMILES string of the molecule is [C-]#[N+]/C(=C\c1nccs1)C(=O)N1CCc2cc(OCC(=O)O)ccc2C1CCC. The molecule has 2 aromatic rings. The van der Waals surface area contributed by atoms with Crippen LogP contribution >= 0.6 is 11.3 Å². The Morgan fingerprint density at radius 3 is 2.97 bits per heavy atom. The van der Waals surface area contributed by atoms with E-state index in [-0.39, 0.29) is 17.6 Å². The Hall–Kier alpha value is -3.18. The highest BCUT2D eigenvalue weighted by Crippen LogP contribution is 2.36. The van der Waals surface area contributed by atoms with E-state index in [1.165, 1.54) is 11.3 Å². The second-order valence-corrected chi connectivity index (χ2v) is 7.53. The molecule has 1 amide bonds.